The maximum Gasteiger partial charge on any atom is -0.109 e. The average molecular weight is 809 g/mol. The van der Waals surface area contributed by atoms with Crippen LogP contribution in [-0.2, 0) is 24.2 Å². The Balaban J connectivity index is 0.000000221. The van der Waals surface area contributed by atoms with Crippen LogP contribution in [0.5, 0.6) is 0 Å². The molecule has 0 bridgehead atoms. The van der Waals surface area contributed by atoms with Gasteiger partial charge in [-0.15, -0.1) is 48.6 Å². The zero-order chi connectivity index (χ0) is 36.2. The number of aryl methyl sites for hydroxylation is 2. The molecular weight excluding hydrogens is 751 g/mol. The van der Waals surface area contributed by atoms with E-state index in [1.54, 1.807) is 0 Å². The molecule has 272 valence electrons. The molecule has 6 aliphatic carbocycles. The predicted octanol–water partition coefficient (Wildman–Crippen LogP) is 13.2. The SMILES string of the molecule is CC1=CC=CC2[CH-]C3(C)C4(C)C=CC=CC4(C)C4(C)C=CC=CC4(C)C3(C)C12C.Cc1ccc([C](=[Zr+2])c2ccc(C)cc2)cc1.Cl.Cl.[C-]1=CC=CC1. The van der Waals surface area contributed by atoms with Crippen molar-refractivity contribution < 1.29 is 24.2 Å². The summed E-state index contributed by atoms with van der Waals surface area (Å²) in [6, 6.07) is 17.5. The largest absolute Gasteiger partial charge is 0.273 e. The minimum atomic E-state index is 0. The molecule has 0 heterocycles. The van der Waals surface area contributed by atoms with E-state index in [0.717, 1.165) is 6.42 Å². The summed E-state index contributed by atoms with van der Waals surface area (Å²) in [4.78, 5) is 0. The van der Waals surface area contributed by atoms with Gasteiger partial charge in [-0.1, -0.05) is 115 Å². The van der Waals surface area contributed by atoms with Gasteiger partial charge in [0.05, 0.1) is 0 Å². The van der Waals surface area contributed by atoms with Gasteiger partial charge in [0.25, 0.3) is 0 Å². The minimum Gasteiger partial charge on any atom is -0.273 e. The van der Waals surface area contributed by atoms with Crippen molar-refractivity contribution in [2.75, 3.05) is 0 Å². The number of hydrogen-bond donors (Lipinski definition) is 0. The molecule has 0 spiro atoms. The molecule has 8 unspecified atom stereocenters. The first-order valence-corrected chi connectivity index (χ1v) is 19.7. The summed E-state index contributed by atoms with van der Waals surface area (Å²) < 4.78 is 1.42. The fourth-order valence-corrected chi connectivity index (χ4v) is 12.0. The van der Waals surface area contributed by atoms with Crippen LogP contribution in [0.3, 0.4) is 0 Å². The first-order chi connectivity index (χ1) is 23.6. The monoisotopic (exact) mass is 806 g/mol. The van der Waals surface area contributed by atoms with Gasteiger partial charge in [-0.25, -0.2) is 12.2 Å². The van der Waals surface area contributed by atoms with Crippen molar-refractivity contribution in [1.82, 2.24) is 0 Å². The van der Waals surface area contributed by atoms with Gasteiger partial charge in [-0.2, -0.15) is 6.08 Å². The molecule has 0 N–H and O–H groups in total. The van der Waals surface area contributed by atoms with Crippen LogP contribution in [0.25, 0.3) is 0 Å². The van der Waals surface area contributed by atoms with Crippen molar-refractivity contribution in [3.05, 3.63) is 174 Å². The molecule has 0 aromatic heterocycles. The second-order valence-corrected chi connectivity index (χ2v) is 18.0. The van der Waals surface area contributed by atoms with Gasteiger partial charge in [0.1, 0.15) is 0 Å². The number of allylic oxidation sites excluding steroid dienone is 16. The maximum absolute atomic E-state index is 2.99. The molecule has 6 aliphatic rings. The molecule has 0 saturated heterocycles. The second kappa shape index (κ2) is 15.1. The molecule has 8 atom stereocenters. The molecule has 2 saturated carbocycles. The zero-order valence-corrected chi connectivity index (χ0v) is 37.0. The van der Waals surface area contributed by atoms with E-state index in [1.165, 1.54) is 55.3 Å². The summed E-state index contributed by atoms with van der Waals surface area (Å²) in [5, 5.41) is 0. The van der Waals surface area contributed by atoms with E-state index in [1.807, 2.05) is 12.2 Å². The molecule has 0 radical (unpaired) electrons. The molecule has 0 aliphatic heterocycles. The number of halogens is 2. The van der Waals surface area contributed by atoms with E-state index >= 15 is 0 Å². The van der Waals surface area contributed by atoms with E-state index in [4.69, 9.17) is 0 Å². The molecule has 0 nitrogen and oxygen atoms in total. The summed E-state index contributed by atoms with van der Waals surface area (Å²) in [6.45, 7) is 24.5. The van der Waals surface area contributed by atoms with Gasteiger partial charge in [-0.05, 0) is 28.6 Å². The van der Waals surface area contributed by atoms with E-state index in [2.05, 4.69) is 203 Å². The third-order valence-corrected chi connectivity index (χ3v) is 16.7. The molecule has 3 heteroatoms. The van der Waals surface area contributed by atoms with Crippen LogP contribution in [0, 0.1) is 70.2 Å². The molecule has 2 aromatic carbocycles. The fourth-order valence-electron chi connectivity index (χ4n) is 11.2. The third-order valence-electron chi connectivity index (χ3n) is 15.3. The topological polar surface area (TPSA) is 0 Å². The zero-order valence-electron chi connectivity index (χ0n) is 32.9. The summed E-state index contributed by atoms with van der Waals surface area (Å²) in [6.07, 6.45) is 39.3. The summed E-state index contributed by atoms with van der Waals surface area (Å²) in [5.41, 5.74) is 7.05. The number of rotatable bonds is 2. The average Bonchev–Trinajstić information content (AvgIpc) is 3.75. The second-order valence-electron chi connectivity index (χ2n) is 16.8. The van der Waals surface area contributed by atoms with Gasteiger partial charge in [-0.3, -0.25) is 6.08 Å². The van der Waals surface area contributed by atoms with E-state index < -0.39 is 0 Å². The smallest absolute Gasteiger partial charge is 0.109 e. The molecular formula is C49H58Cl2Zr. The minimum absolute atomic E-state index is 0. The summed E-state index contributed by atoms with van der Waals surface area (Å²) in [5.74, 6) is 0.460. The normalized spacial score (nSPS) is 37.8. The van der Waals surface area contributed by atoms with Crippen molar-refractivity contribution in [3.8, 4) is 0 Å². The van der Waals surface area contributed by atoms with Gasteiger partial charge in [0.2, 0.25) is 0 Å². The van der Waals surface area contributed by atoms with Crippen LogP contribution in [0.2, 0.25) is 0 Å². The van der Waals surface area contributed by atoms with Crippen LogP contribution in [0.15, 0.2) is 139 Å². The van der Waals surface area contributed by atoms with Crippen molar-refractivity contribution in [3.63, 3.8) is 0 Å². The van der Waals surface area contributed by atoms with E-state index in [0.29, 0.717) is 5.92 Å². The van der Waals surface area contributed by atoms with E-state index in [-0.39, 0.29) is 62.7 Å². The van der Waals surface area contributed by atoms with Crippen LogP contribution < -0.4 is 0 Å². The Bertz CT molecular complexity index is 1840. The van der Waals surface area contributed by atoms with E-state index in [9.17, 15) is 0 Å². The van der Waals surface area contributed by atoms with Crippen molar-refractivity contribution in [2.45, 2.75) is 75.7 Å². The Morgan fingerprint density at radius 2 is 1.10 bits per heavy atom. The molecule has 8 rings (SSSR count). The molecule has 2 fully saturated rings. The summed E-state index contributed by atoms with van der Waals surface area (Å²) >= 11 is 1.46. The Labute approximate surface area is 343 Å². The number of benzene rings is 2. The molecule has 52 heavy (non-hydrogen) atoms. The Morgan fingerprint density at radius 1 is 0.635 bits per heavy atom. The van der Waals surface area contributed by atoms with Crippen LogP contribution in [-0.4, -0.2) is 3.21 Å². The fraction of sp³-hybridized carbons (Fsp3) is 0.388. The third kappa shape index (κ3) is 5.73. The Morgan fingerprint density at radius 3 is 1.54 bits per heavy atom. The van der Waals surface area contributed by atoms with Crippen LogP contribution in [0.1, 0.15) is 84.1 Å². The first-order valence-electron chi connectivity index (χ1n) is 18.5. The van der Waals surface area contributed by atoms with Crippen molar-refractivity contribution in [2.24, 2.45) is 43.8 Å². The Hall–Kier alpha value is -2.31. The van der Waals surface area contributed by atoms with Crippen molar-refractivity contribution >= 4 is 28.0 Å². The Kier molecular flexibility index (Phi) is 12.3. The van der Waals surface area contributed by atoms with Gasteiger partial charge in [0.15, 0.2) is 0 Å². The van der Waals surface area contributed by atoms with Crippen LogP contribution in [0.4, 0.5) is 0 Å². The maximum atomic E-state index is 2.99. The van der Waals surface area contributed by atoms with Crippen molar-refractivity contribution in [1.29, 1.82) is 0 Å². The van der Waals surface area contributed by atoms with Gasteiger partial charge in [0, 0.05) is 10.8 Å². The van der Waals surface area contributed by atoms with Crippen LogP contribution >= 0.6 is 24.8 Å². The first kappa shape index (κ1) is 42.4. The van der Waals surface area contributed by atoms with Gasteiger partial charge >= 0.3 is 112 Å². The molecule has 0 amide bonds. The van der Waals surface area contributed by atoms with Gasteiger partial charge < -0.3 is 6.42 Å². The number of hydrogen-bond acceptors (Lipinski definition) is 0. The number of fused-ring (bicyclic) bond motifs is 8. The quantitative estimate of drug-likeness (QED) is 0.265. The standard InChI is InChI=1S/C29H37.C15H14.C5H5.2ClH.Zr/c1-21-14-13-15-22-20-27(6)25(4)18-10-9-16-23(25,2)24(3)17-11-12-19-26(24,5)29(27,8)28(21,22)7;1-12-3-7-14(8-4-12)11-15-9-5-13(2)6-10-15;1-2-4-5-3-1;;;/h9-20,22H,1-8H3;3-10H,1-2H3;1-3H,4H2;2*1H;/q-1;;-1;;;+2. The summed E-state index contributed by atoms with van der Waals surface area (Å²) in [7, 11) is 0. The molecule has 2 aromatic rings. The predicted molar refractivity (Wildman–Crippen MR) is 226 cm³/mol.